The first-order valence-corrected chi connectivity index (χ1v) is 4.48. The van der Waals surface area contributed by atoms with Gasteiger partial charge in [0.15, 0.2) is 0 Å². The zero-order chi connectivity index (χ0) is 7.97. The van der Waals surface area contributed by atoms with Crippen LogP contribution in [-0.2, 0) is 13.1 Å². The van der Waals surface area contributed by atoms with E-state index >= 15 is 0 Å². The molecule has 0 radical (unpaired) electrons. The summed E-state index contributed by atoms with van der Waals surface area (Å²) in [6.45, 7) is 1.90. The lowest BCUT2D eigenvalue weighted by atomic mass is 10.1. The van der Waals surface area contributed by atoms with Crippen molar-refractivity contribution < 1.29 is 0 Å². The monoisotopic (exact) mass is 161 g/mol. The quantitative estimate of drug-likeness (QED) is 0.666. The molecular formula is C9H11N3. The number of fused-ring (bicyclic) bond motifs is 1. The SMILES string of the molecule is c1nc2c(c(C3CC3)n1)CNC2. The minimum Gasteiger partial charge on any atom is -0.307 e. The molecule has 2 heterocycles. The summed E-state index contributed by atoms with van der Waals surface area (Å²) >= 11 is 0. The van der Waals surface area contributed by atoms with Gasteiger partial charge >= 0.3 is 0 Å². The average molecular weight is 161 g/mol. The molecule has 3 heteroatoms. The minimum absolute atomic E-state index is 0.752. The first kappa shape index (κ1) is 6.54. The normalized spacial score (nSPS) is 21.0. The molecule has 1 saturated carbocycles. The van der Waals surface area contributed by atoms with E-state index in [1.54, 1.807) is 6.33 Å². The van der Waals surface area contributed by atoms with Crippen molar-refractivity contribution in [2.24, 2.45) is 0 Å². The lowest BCUT2D eigenvalue weighted by molar-refractivity contribution is 0.755. The van der Waals surface area contributed by atoms with Gasteiger partial charge in [-0.2, -0.15) is 0 Å². The summed E-state index contributed by atoms with van der Waals surface area (Å²) in [7, 11) is 0. The van der Waals surface area contributed by atoms with Crippen LogP contribution in [0.2, 0.25) is 0 Å². The third kappa shape index (κ3) is 0.862. The number of nitrogens with one attached hydrogen (secondary N) is 1. The Kier molecular flexibility index (Phi) is 1.23. The van der Waals surface area contributed by atoms with Crippen LogP contribution in [0, 0.1) is 0 Å². The summed E-state index contributed by atoms with van der Waals surface area (Å²) in [5.41, 5.74) is 3.90. The second-order valence-electron chi connectivity index (χ2n) is 3.56. The molecule has 0 amide bonds. The van der Waals surface area contributed by atoms with Gasteiger partial charge in [-0.1, -0.05) is 0 Å². The molecule has 0 bridgehead atoms. The summed E-state index contributed by atoms with van der Waals surface area (Å²) < 4.78 is 0. The number of aromatic nitrogens is 2. The summed E-state index contributed by atoms with van der Waals surface area (Å²) in [6.07, 6.45) is 4.35. The highest BCUT2D eigenvalue weighted by atomic mass is 15.0. The van der Waals surface area contributed by atoms with E-state index in [0.29, 0.717) is 0 Å². The second kappa shape index (κ2) is 2.26. The van der Waals surface area contributed by atoms with Gasteiger partial charge in [0.1, 0.15) is 6.33 Å². The summed E-state index contributed by atoms with van der Waals surface area (Å²) in [6, 6.07) is 0. The molecule has 0 atom stereocenters. The lowest BCUT2D eigenvalue weighted by Gasteiger charge is -2.02. The van der Waals surface area contributed by atoms with Crippen molar-refractivity contribution >= 4 is 0 Å². The molecule has 3 rings (SSSR count). The van der Waals surface area contributed by atoms with Crippen molar-refractivity contribution in [3.63, 3.8) is 0 Å². The zero-order valence-electron chi connectivity index (χ0n) is 6.88. The fourth-order valence-corrected chi connectivity index (χ4v) is 1.82. The first-order chi connectivity index (χ1) is 5.95. The zero-order valence-corrected chi connectivity index (χ0v) is 6.88. The molecule has 3 nitrogen and oxygen atoms in total. The summed E-state index contributed by atoms with van der Waals surface area (Å²) in [5, 5.41) is 3.31. The molecule has 62 valence electrons. The first-order valence-electron chi connectivity index (χ1n) is 4.48. The Morgan fingerprint density at radius 2 is 2.17 bits per heavy atom. The van der Waals surface area contributed by atoms with Crippen LogP contribution in [0.3, 0.4) is 0 Å². The van der Waals surface area contributed by atoms with Crippen LogP contribution >= 0.6 is 0 Å². The number of nitrogens with zero attached hydrogens (tertiary/aromatic N) is 2. The van der Waals surface area contributed by atoms with Gasteiger partial charge in [-0.15, -0.1) is 0 Å². The topological polar surface area (TPSA) is 37.8 Å². The molecule has 1 aromatic heterocycles. The van der Waals surface area contributed by atoms with E-state index in [-0.39, 0.29) is 0 Å². The van der Waals surface area contributed by atoms with Crippen LogP contribution < -0.4 is 5.32 Å². The van der Waals surface area contributed by atoms with Gasteiger partial charge in [-0.05, 0) is 12.8 Å². The van der Waals surface area contributed by atoms with E-state index in [0.717, 1.165) is 19.0 Å². The molecule has 1 N–H and O–H groups in total. The largest absolute Gasteiger partial charge is 0.307 e. The van der Waals surface area contributed by atoms with Crippen LogP contribution in [0.15, 0.2) is 6.33 Å². The second-order valence-corrected chi connectivity index (χ2v) is 3.56. The standard InChI is InChI=1S/C9H11N3/c1-2-6(1)9-7-3-10-4-8(7)11-5-12-9/h5-6,10H,1-4H2. The van der Waals surface area contributed by atoms with Crippen molar-refractivity contribution in [3.05, 3.63) is 23.3 Å². The van der Waals surface area contributed by atoms with E-state index in [2.05, 4.69) is 15.3 Å². The van der Waals surface area contributed by atoms with E-state index in [4.69, 9.17) is 0 Å². The van der Waals surface area contributed by atoms with Crippen molar-refractivity contribution in [2.45, 2.75) is 31.8 Å². The number of hydrogen-bond donors (Lipinski definition) is 1. The average Bonchev–Trinajstić information content (AvgIpc) is 2.82. The van der Waals surface area contributed by atoms with Crippen molar-refractivity contribution in [1.82, 2.24) is 15.3 Å². The summed E-state index contributed by atoms with van der Waals surface area (Å²) in [4.78, 5) is 8.62. The maximum atomic E-state index is 4.36. The molecule has 0 spiro atoms. The number of hydrogen-bond acceptors (Lipinski definition) is 3. The van der Waals surface area contributed by atoms with E-state index in [1.807, 2.05) is 0 Å². The smallest absolute Gasteiger partial charge is 0.116 e. The fraction of sp³-hybridized carbons (Fsp3) is 0.556. The Labute approximate surface area is 71.2 Å². The highest BCUT2D eigenvalue weighted by molar-refractivity contribution is 5.32. The van der Waals surface area contributed by atoms with Crippen LogP contribution in [0.25, 0.3) is 0 Å². The molecule has 1 aliphatic heterocycles. The van der Waals surface area contributed by atoms with Gasteiger partial charge in [0.05, 0.1) is 11.4 Å². The van der Waals surface area contributed by atoms with Crippen molar-refractivity contribution in [3.8, 4) is 0 Å². The molecule has 1 fully saturated rings. The Hall–Kier alpha value is -0.960. The summed E-state index contributed by atoms with van der Waals surface area (Å²) in [5.74, 6) is 0.752. The van der Waals surface area contributed by atoms with Crippen molar-refractivity contribution in [2.75, 3.05) is 0 Å². The molecule has 0 unspecified atom stereocenters. The Morgan fingerprint density at radius 1 is 1.25 bits per heavy atom. The molecule has 1 aliphatic carbocycles. The van der Waals surface area contributed by atoms with Gasteiger partial charge in [0.25, 0.3) is 0 Å². The molecule has 1 aromatic rings. The van der Waals surface area contributed by atoms with E-state index in [9.17, 15) is 0 Å². The van der Waals surface area contributed by atoms with E-state index in [1.165, 1.54) is 29.8 Å². The third-order valence-electron chi connectivity index (χ3n) is 2.63. The van der Waals surface area contributed by atoms with Gasteiger partial charge in [-0.3, -0.25) is 0 Å². The molecule has 0 saturated heterocycles. The van der Waals surface area contributed by atoms with Gasteiger partial charge < -0.3 is 5.32 Å². The van der Waals surface area contributed by atoms with Crippen LogP contribution in [0.1, 0.15) is 35.7 Å². The molecular weight excluding hydrogens is 150 g/mol. The highest BCUT2D eigenvalue weighted by Crippen LogP contribution is 2.41. The molecule has 12 heavy (non-hydrogen) atoms. The minimum atomic E-state index is 0.752. The van der Waals surface area contributed by atoms with E-state index < -0.39 is 0 Å². The lowest BCUT2D eigenvalue weighted by Crippen LogP contribution is -2.01. The Bertz CT molecular complexity index is 318. The highest BCUT2D eigenvalue weighted by Gasteiger charge is 2.29. The molecule has 0 aromatic carbocycles. The Balaban J connectivity index is 2.12. The fourth-order valence-electron chi connectivity index (χ4n) is 1.82. The van der Waals surface area contributed by atoms with Gasteiger partial charge in [-0.25, -0.2) is 9.97 Å². The van der Waals surface area contributed by atoms with Crippen LogP contribution in [0.5, 0.6) is 0 Å². The molecule has 2 aliphatic rings. The predicted molar refractivity (Wildman–Crippen MR) is 44.6 cm³/mol. The predicted octanol–water partition coefficient (Wildman–Crippen LogP) is 0.957. The van der Waals surface area contributed by atoms with Crippen molar-refractivity contribution in [1.29, 1.82) is 0 Å². The van der Waals surface area contributed by atoms with Gasteiger partial charge in [0.2, 0.25) is 0 Å². The van der Waals surface area contributed by atoms with Gasteiger partial charge in [0, 0.05) is 24.6 Å². The maximum absolute atomic E-state index is 4.36. The van der Waals surface area contributed by atoms with Crippen LogP contribution in [-0.4, -0.2) is 9.97 Å². The third-order valence-corrected chi connectivity index (χ3v) is 2.63. The number of rotatable bonds is 1. The maximum Gasteiger partial charge on any atom is 0.116 e. The Morgan fingerprint density at radius 3 is 3.00 bits per heavy atom. The van der Waals surface area contributed by atoms with Crippen LogP contribution in [0.4, 0.5) is 0 Å².